The molecule has 1 unspecified atom stereocenters. The zero-order valence-corrected chi connectivity index (χ0v) is 17.7. The standard InChI is InChI=1S/C20H32N4O3S/c1-3-13-28(26,27)24-10-4-5-18(24)20(25)22-15-17-6-7-19(21-14-17)23-11-8-16(2)9-12-23/h6-7,14,16,18H,3-5,8-13,15H2,1-2H3,(H,22,25). The molecule has 2 aliphatic heterocycles. The number of nitrogens with one attached hydrogen (secondary N) is 1. The predicted molar refractivity (Wildman–Crippen MR) is 111 cm³/mol. The number of aromatic nitrogens is 1. The molecule has 1 aromatic heterocycles. The molecule has 1 amide bonds. The minimum absolute atomic E-state index is 0.0947. The van der Waals surface area contributed by atoms with E-state index in [1.54, 1.807) is 6.20 Å². The number of hydrogen-bond donors (Lipinski definition) is 1. The summed E-state index contributed by atoms with van der Waals surface area (Å²) in [6.07, 6.45) is 6.05. The Hall–Kier alpha value is -1.67. The van der Waals surface area contributed by atoms with Crippen molar-refractivity contribution in [3.05, 3.63) is 23.9 Å². The Bertz CT molecular complexity index is 758. The molecule has 2 aliphatic rings. The number of hydrogen-bond acceptors (Lipinski definition) is 5. The molecule has 1 aromatic rings. The number of carbonyl (C=O) groups excluding carboxylic acids is 1. The van der Waals surface area contributed by atoms with E-state index in [1.807, 2.05) is 19.1 Å². The van der Waals surface area contributed by atoms with Crippen LogP contribution in [0.15, 0.2) is 18.3 Å². The van der Waals surface area contributed by atoms with Crippen LogP contribution in [0.4, 0.5) is 5.82 Å². The van der Waals surface area contributed by atoms with Crippen molar-refractivity contribution in [3.63, 3.8) is 0 Å². The predicted octanol–water partition coefficient (Wildman–Crippen LogP) is 2.14. The molecule has 3 rings (SSSR count). The molecular formula is C20H32N4O3S. The lowest BCUT2D eigenvalue weighted by Gasteiger charge is -2.31. The van der Waals surface area contributed by atoms with Gasteiger partial charge >= 0.3 is 0 Å². The third kappa shape index (κ3) is 5.03. The molecule has 7 nitrogen and oxygen atoms in total. The van der Waals surface area contributed by atoms with Gasteiger partial charge in [0.1, 0.15) is 11.9 Å². The summed E-state index contributed by atoms with van der Waals surface area (Å²) < 4.78 is 26.1. The van der Waals surface area contributed by atoms with Crippen molar-refractivity contribution in [2.24, 2.45) is 5.92 Å². The number of pyridine rings is 1. The first-order chi connectivity index (χ1) is 13.4. The Morgan fingerprint density at radius 2 is 1.96 bits per heavy atom. The van der Waals surface area contributed by atoms with Crippen molar-refractivity contribution >= 4 is 21.7 Å². The van der Waals surface area contributed by atoms with Gasteiger partial charge in [0.25, 0.3) is 0 Å². The molecule has 2 fully saturated rings. The number of rotatable bonds is 7. The van der Waals surface area contributed by atoms with Gasteiger partial charge in [-0.3, -0.25) is 4.79 Å². The molecule has 8 heteroatoms. The van der Waals surface area contributed by atoms with E-state index in [1.165, 1.54) is 17.1 Å². The highest BCUT2D eigenvalue weighted by Gasteiger charge is 2.37. The molecule has 0 bridgehead atoms. The lowest BCUT2D eigenvalue weighted by Crippen LogP contribution is -2.46. The normalized spacial score (nSPS) is 21.8. The molecule has 0 saturated carbocycles. The fourth-order valence-electron chi connectivity index (χ4n) is 3.96. The second-order valence-electron chi connectivity index (χ2n) is 8.00. The van der Waals surface area contributed by atoms with Crippen LogP contribution in [0.25, 0.3) is 0 Å². The van der Waals surface area contributed by atoms with Crippen LogP contribution in [0.2, 0.25) is 0 Å². The monoisotopic (exact) mass is 408 g/mol. The van der Waals surface area contributed by atoms with E-state index in [0.717, 1.165) is 36.8 Å². The van der Waals surface area contributed by atoms with Crippen LogP contribution in [0.5, 0.6) is 0 Å². The molecule has 0 radical (unpaired) electrons. The van der Waals surface area contributed by atoms with Crippen LogP contribution >= 0.6 is 0 Å². The third-order valence-corrected chi connectivity index (χ3v) is 7.79. The van der Waals surface area contributed by atoms with Gasteiger partial charge in [-0.1, -0.05) is 19.9 Å². The van der Waals surface area contributed by atoms with Crippen LogP contribution in [0.3, 0.4) is 0 Å². The van der Waals surface area contributed by atoms with Crippen molar-refractivity contribution in [3.8, 4) is 0 Å². The Morgan fingerprint density at radius 3 is 2.61 bits per heavy atom. The van der Waals surface area contributed by atoms with Gasteiger partial charge in [0.05, 0.1) is 5.75 Å². The SMILES string of the molecule is CCCS(=O)(=O)N1CCCC1C(=O)NCc1ccc(N2CCC(C)CC2)nc1. The van der Waals surface area contributed by atoms with E-state index >= 15 is 0 Å². The highest BCUT2D eigenvalue weighted by atomic mass is 32.2. The number of amides is 1. The number of nitrogens with zero attached hydrogens (tertiary/aromatic N) is 3. The van der Waals surface area contributed by atoms with Gasteiger partial charge in [-0.2, -0.15) is 4.31 Å². The second-order valence-corrected chi connectivity index (χ2v) is 10.0. The average molecular weight is 409 g/mol. The van der Waals surface area contributed by atoms with Gasteiger partial charge in [0.15, 0.2) is 0 Å². The molecular weight excluding hydrogens is 376 g/mol. The first-order valence-corrected chi connectivity index (χ1v) is 12.0. The van der Waals surface area contributed by atoms with E-state index < -0.39 is 16.1 Å². The minimum Gasteiger partial charge on any atom is -0.357 e. The molecule has 1 N–H and O–H groups in total. The molecule has 0 aliphatic carbocycles. The van der Waals surface area contributed by atoms with Gasteiger partial charge in [-0.15, -0.1) is 0 Å². The highest BCUT2D eigenvalue weighted by Crippen LogP contribution is 2.23. The lowest BCUT2D eigenvalue weighted by atomic mass is 9.99. The van der Waals surface area contributed by atoms with E-state index in [4.69, 9.17) is 0 Å². The van der Waals surface area contributed by atoms with Crippen molar-refractivity contribution in [2.75, 3.05) is 30.3 Å². The summed E-state index contributed by atoms with van der Waals surface area (Å²) in [6.45, 7) is 6.99. The van der Waals surface area contributed by atoms with Gasteiger partial charge in [-0.05, 0) is 49.7 Å². The number of carbonyl (C=O) groups is 1. The molecule has 0 aromatic carbocycles. The Balaban J connectivity index is 1.54. The van der Waals surface area contributed by atoms with E-state index in [9.17, 15) is 13.2 Å². The van der Waals surface area contributed by atoms with Crippen molar-refractivity contribution in [2.45, 2.75) is 58.5 Å². The molecule has 156 valence electrons. The number of anilines is 1. The maximum Gasteiger partial charge on any atom is 0.238 e. The molecule has 28 heavy (non-hydrogen) atoms. The Kier molecular flexibility index (Phi) is 6.93. The maximum absolute atomic E-state index is 12.6. The topological polar surface area (TPSA) is 82.6 Å². The summed E-state index contributed by atoms with van der Waals surface area (Å²) in [6, 6.07) is 3.41. The summed E-state index contributed by atoms with van der Waals surface area (Å²) in [4.78, 5) is 19.4. The summed E-state index contributed by atoms with van der Waals surface area (Å²) in [5.41, 5.74) is 0.920. The number of piperidine rings is 1. The Morgan fingerprint density at radius 1 is 1.21 bits per heavy atom. The fourth-order valence-corrected chi connectivity index (χ4v) is 5.71. The third-order valence-electron chi connectivity index (χ3n) is 5.71. The van der Waals surface area contributed by atoms with Crippen LogP contribution in [0.1, 0.15) is 51.5 Å². The minimum atomic E-state index is -3.35. The van der Waals surface area contributed by atoms with E-state index in [0.29, 0.717) is 25.9 Å². The summed E-state index contributed by atoms with van der Waals surface area (Å²) in [5, 5.41) is 2.89. The highest BCUT2D eigenvalue weighted by molar-refractivity contribution is 7.89. The zero-order chi connectivity index (χ0) is 20.1. The smallest absolute Gasteiger partial charge is 0.238 e. The van der Waals surface area contributed by atoms with Gasteiger partial charge in [0, 0.05) is 32.4 Å². The summed E-state index contributed by atoms with van der Waals surface area (Å²) in [5.74, 6) is 1.64. The number of sulfonamides is 1. The van der Waals surface area contributed by atoms with Crippen LogP contribution < -0.4 is 10.2 Å². The first-order valence-electron chi connectivity index (χ1n) is 10.4. The van der Waals surface area contributed by atoms with Crippen molar-refractivity contribution < 1.29 is 13.2 Å². The molecule has 1 atom stereocenters. The van der Waals surface area contributed by atoms with Gasteiger partial charge in [0.2, 0.25) is 15.9 Å². The summed E-state index contributed by atoms with van der Waals surface area (Å²) >= 11 is 0. The second kappa shape index (κ2) is 9.22. The van der Waals surface area contributed by atoms with Gasteiger partial charge < -0.3 is 10.2 Å². The largest absolute Gasteiger partial charge is 0.357 e. The molecule has 3 heterocycles. The molecule has 0 spiro atoms. The lowest BCUT2D eigenvalue weighted by molar-refractivity contribution is -0.124. The zero-order valence-electron chi connectivity index (χ0n) is 16.9. The maximum atomic E-state index is 12.6. The Labute approximate surface area is 168 Å². The molecule has 2 saturated heterocycles. The van der Waals surface area contributed by atoms with Crippen molar-refractivity contribution in [1.82, 2.24) is 14.6 Å². The fraction of sp³-hybridized carbons (Fsp3) is 0.700. The van der Waals surface area contributed by atoms with Crippen LogP contribution in [0, 0.1) is 5.92 Å². The van der Waals surface area contributed by atoms with Crippen LogP contribution in [-0.2, 0) is 21.4 Å². The van der Waals surface area contributed by atoms with Crippen molar-refractivity contribution in [1.29, 1.82) is 0 Å². The van der Waals surface area contributed by atoms with Gasteiger partial charge in [-0.25, -0.2) is 13.4 Å². The summed E-state index contributed by atoms with van der Waals surface area (Å²) in [7, 11) is -3.35. The first kappa shape index (κ1) is 21.0. The quantitative estimate of drug-likeness (QED) is 0.747. The average Bonchev–Trinajstić information content (AvgIpc) is 3.18. The van der Waals surface area contributed by atoms with Crippen LogP contribution in [-0.4, -0.2) is 55.0 Å². The van der Waals surface area contributed by atoms with E-state index in [-0.39, 0.29) is 11.7 Å². The van der Waals surface area contributed by atoms with E-state index in [2.05, 4.69) is 22.1 Å².